The van der Waals surface area contributed by atoms with E-state index in [1.807, 2.05) is 29.3 Å². The molecule has 0 radical (unpaired) electrons. The Morgan fingerprint density at radius 3 is 2.70 bits per heavy atom. The number of nitrogens with one attached hydrogen (secondary N) is 1. The number of hydrogen-bond donors (Lipinski definition) is 1. The first-order valence-electron chi connectivity index (χ1n) is 6.49. The summed E-state index contributed by atoms with van der Waals surface area (Å²) in [6.07, 6.45) is 6.98. The van der Waals surface area contributed by atoms with Crippen LogP contribution in [-0.4, -0.2) is 19.7 Å². The zero-order valence-electron chi connectivity index (χ0n) is 11.3. The van der Waals surface area contributed by atoms with Gasteiger partial charge in [-0.1, -0.05) is 0 Å². The van der Waals surface area contributed by atoms with Crippen molar-refractivity contribution in [2.75, 3.05) is 0 Å². The third-order valence-electron chi connectivity index (χ3n) is 3.14. The van der Waals surface area contributed by atoms with Gasteiger partial charge in [0.05, 0.1) is 11.9 Å². The Kier molecular flexibility index (Phi) is 3.10. The molecule has 0 atom stereocenters. The van der Waals surface area contributed by atoms with Crippen LogP contribution in [0.5, 0.6) is 0 Å². The van der Waals surface area contributed by atoms with Crippen LogP contribution in [0.4, 0.5) is 4.39 Å². The van der Waals surface area contributed by atoms with E-state index in [-0.39, 0.29) is 11.9 Å². The molecule has 0 bridgehead atoms. The molecule has 0 spiro atoms. The van der Waals surface area contributed by atoms with Crippen molar-refractivity contribution < 1.29 is 4.39 Å². The van der Waals surface area contributed by atoms with Crippen LogP contribution >= 0.6 is 0 Å². The number of H-pyrrole nitrogens is 1. The molecule has 102 valence electrons. The lowest BCUT2D eigenvalue weighted by molar-refractivity contribution is 0.534. The van der Waals surface area contributed by atoms with Gasteiger partial charge in [0.15, 0.2) is 0 Å². The van der Waals surface area contributed by atoms with E-state index in [4.69, 9.17) is 0 Å². The van der Waals surface area contributed by atoms with Gasteiger partial charge >= 0.3 is 0 Å². The monoisotopic (exact) mass is 270 g/mol. The first kappa shape index (κ1) is 12.6. The average Bonchev–Trinajstić information content (AvgIpc) is 3.08. The fraction of sp³-hybridized carbons (Fsp3) is 0.200. The van der Waals surface area contributed by atoms with Crippen LogP contribution < -0.4 is 0 Å². The fourth-order valence-electron chi connectivity index (χ4n) is 2.06. The van der Waals surface area contributed by atoms with Gasteiger partial charge in [-0.3, -0.25) is 9.67 Å². The van der Waals surface area contributed by atoms with Gasteiger partial charge in [0.1, 0.15) is 11.5 Å². The summed E-state index contributed by atoms with van der Waals surface area (Å²) in [6, 6.07) is 5.28. The quantitative estimate of drug-likeness (QED) is 0.789. The number of aromatic amines is 1. The second-order valence-electron chi connectivity index (χ2n) is 4.93. The number of halogens is 1. The molecule has 0 aromatic carbocycles. The lowest BCUT2D eigenvalue weighted by Crippen LogP contribution is -2.00. The zero-order valence-corrected chi connectivity index (χ0v) is 11.3. The van der Waals surface area contributed by atoms with Crippen molar-refractivity contribution in [1.29, 1.82) is 0 Å². The summed E-state index contributed by atoms with van der Waals surface area (Å²) < 4.78 is 14.9. The summed E-state index contributed by atoms with van der Waals surface area (Å²) in [5.74, 6) is -0.347. The van der Waals surface area contributed by atoms with Crippen LogP contribution in [0.1, 0.15) is 19.9 Å². The molecular weight excluding hydrogens is 255 g/mol. The van der Waals surface area contributed by atoms with Gasteiger partial charge in [-0.05, 0) is 32.0 Å². The van der Waals surface area contributed by atoms with Gasteiger partial charge in [-0.15, -0.1) is 0 Å². The van der Waals surface area contributed by atoms with Gasteiger partial charge in [-0.25, -0.2) is 4.39 Å². The number of rotatable bonds is 3. The van der Waals surface area contributed by atoms with Crippen LogP contribution in [-0.2, 0) is 0 Å². The summed E-state index contributed by atoms with van der Waals surface area (Å²) in [6.45, 7) is 4.13. The number of aromatic nitrogens is 4. The molecule has 0 saturated heterocycles. The third-order valence-corrected chi connectivity index (χ3v) is 3.14. The van der Waals surface area contributed by atoms with E-state index in [1.54, 1.807) is 6.07 Å². The smallest absolute Gasteiger partial charge is 0.141 e. The highest BCUT2D eigenvalue weighted by Gasteiger charge is 2.15. The average molecular weight is 270 g/mol. The van der Waals surface area contributed by atoms with E-state index < -0.39 is 0 Å². The van der Waals surface area contributed by atoms with Gasteiger partial charge < -0.3 is 4.98 Å². The normalized spacial score (nSPS) is 11.2. The molecule has 0 aliphatic rings. The molecule has 0 unspecified atom stereocenters. The highest BCUT2D eigenvalue weighted by atomic mass is 19.1. The maximum absolute atomic E-state index is 13.0. The number of pyridine rings is 1. The molecule has 3 aromatic rings. The van der Waals surface area contributed by atoms with E-state index in [9.17, 15) is 4.39 Å². The molecule has 5 heteroatoms. The molecule has 3 aromatic heterocycles. The van der Waals surface area contributed by atoms with Crippen molar-refractivity contribution in [3.63, 3.8) is 0 Å². The van der Waals surface area contributed by atoms with Gasteiger partial charge in [0, 0.05) is 35.8 Å². The maximum Gasteiger partial charge on any atom is 0.141 e. The Hall–Kier alpha value is -2.43. The molecule has 20 heavy (non-hydrogen) atoms. The molecule has 1 N–H and O–H groups in total. The van der Waals surface area contributed by atoms with Crippen LogP contribution in [0.25, 0.3) is 22.5 Å². The summed E-state index contributed by atoms with van der Waals surface area (Å²) >= 11 is 0. The maximum atomic E-state index is 13.0. The summed E-state index contributed by atoms with van der Waals surface area (Å²) in [5, 5.41) is 4.58. The molecule has 0 amide bonds. The Morgan fingerprint density at radius 2 is 2.10 bits per heavy atom. The molecule has 4 nitrogen and oxygen atoms in total. The molecule has 3 rings (SSSR count). The number of nitrogens with zero attached hydrogens (tertiary/aromatic N) is 3. The van der Waals surface area contributed by atoms with Gasteiger partial charge in [-0.2, -0.15) is 5.10 Å². The van der Waals surface area contributed by atoms with Crippen molar-refractivity contribution in [1.82, 2.24) is 19.7 Å². The second kappa shape index (κ2) is 4.92. The summed E-state index contributed by atoms with van der Waals surface area (Å²) in [5.41, 5.74) is 3.46. The molecular formula is C15H15FN4. The molecule has 0 aliphatic carbocycles. The topological polar surface area (TPSA) is 46.5 Å². The second-order valence-corrected chi connectivity index (χ2v) is 4.93. The Labute approximate surface area is 116 Å². The van der Waals surface area contributed by atoms with E-state index in [2.05, 4.69) is 28.9 Å². The predicted octanol–water partition coefficient (Wildman–Crippen LogP) is 3.66. The van der Waals surface area contributed by atoms with Crippen LogP contribution in [0.3, 0.4) is 0 Å². The van der Waals surface area contributed by atoms with E-state index in [0.717, 1.165) is 16.8 Å². The number of hydrogen-bond acceptors (Lipinski definition) is 2. The minimum Gasteiger partial charge on any atom is -0.367 e. The Balaban J connectivity index is 2.15. The fourth-order valence-corrected chi connectivity index (χ4v) is 2.06. The van der Waals surface area contributed by atoms with Crippen LogP contribution in [0, 0.1) is 5.82 Å². The van der Waals surface area contributed by atoms with Crippen molar-refractivity contribution in [3.05, 3.63) is 48.8 Å². The predicted molar refractivity (Wildman–Crippen MR) is 75.6 cm³/mol. The van der Waals surface area contributed by atoms with Crippen molar-refractivity contribution in [2.24, 2.45) is 0 Å². The van der Waals surface area contributed by atoms with Crippen molar-refractivity contribution in [2.45, 2.75) is 19.9 Å². The van der Waals surface area contributed by atoms with E-state index in [1.165, 1.54) is 12.3 Å². The zero-order chi connectivity index (χ0) is 14.1. The van der Waals surface area contributed by atoms with Gasteiger partial charge in [0.2, 0.25) is 0 Å². The SMILES string of the molecule is CC(C)n1cc(-c2cc[nH]c2)c(-c2ccc(F)cn2)n1. The standard InChI is InChI=1S/C15H15FN4/c1-10(2)20-9-13(11-5-6-17-7-11)15(19-20)14-4-3-12(16)8-18-14/h3-10,17H,1-2H3. The van der Waals surface area contributed by atoms with Crippen LogP contribution in [0.15, 0.2) is 43.0 Å². The minimum atomic E-state index is -0.347. The highest BCUT2D eigenvalue weighted by molar-refractivity contribution is 5.78. The Morgan fingerprint density at radius 1 is 1.25 bits per heavy atom. The third kappa shape index (κ3) is 2.22. The lowest BCUT2D eigenvalue weighted by atomic mass is 10.1. The summed E-state index contributed by atoms with van der Waals surface area (Å²) in [7, 11) is 0. The van der Waals surface area contributed by atoms with Crippen molar-refractivity contribution in [3.8, 4) is 22.5 Å². The van der Waals surface area contributed by atoms with Crippen molar-refractivity contribution >= 4 is 0 Å². The van der Waals surface area contributed by atoms with E-state index >= 15 is 0 Å². The largest absolute Gasteiger partial charge is 0.367 e. The lowest BCUT2D eigenvalue weighted by Gasteiger charge is -2.03. The molecule has 0 fully saturated rings. The highest BCUT2D eigenvalue weighted by Crippen LogP contribution is 2.30. The van der Waals surface area contributed by atoms with Crippen LogP contribution in [0.2, 0.25) is 0 Å². The van der Waals surface area contributed by atoms with E-state index in [0.29, 0.717) is 5.69 Å². The molecule has 3 heterocycles. The first-order chi connectivity index (χ1) is 9.65. The molecule has 0 aliphatic heterocycles. The first-order valence-corrected chi connectivity index (χ1v) is 6.49. The van der Waals surface area contributed by atoms with Gasteiger partial charge in [0.25, 0.3) is 0 Å². The molecule has 0 saturated carbocycles. The Bertz CT molecular complexity index is 696. The summed E-state index contributed by atoms with van der Waals surface area (Å²) in [4.78, 5) is 7.17. The minimum absolute atomic E-state index is 0.252.